The fraction of sp³-hybridized carbons (Fsp3) is 0.625. The molecule has 0 bridgehead atoms. The van der Waals surface area contributed by atoms with Crippen LogP contribution in [0.3, 0.4) is 0 Å². The van der Waals surface area contributed by atoms with Crippen molar-refractivity contribution in [2.45, 2.75) is 47.1 Å². The molecule has 5 nitrogen and oxygen atoms in total. The Balaban J connectivity index is 2.11. The number of aromatic nitrogens is 3. The summed E-state index contributed by atoms with van der Waals surface area (Å²) in [6.45, 7) is 10.1. The summed E-state index contributed by atoms with van der Waals surface area (Å²) in [5.41, 5.74) is 3.21. The quantitative estimate of drug-likeness (QED) is 0.821. The van der Waals surface area contributed by atoms with Crippen molar-refractivity contribution in [1.29, 1.82) is 0 Å². The molecule has 0 saturated heterocycles. The van der Waals surface area contributed by atoms with Gasteiger partial charge < -0.3 is 10.4 Å². The number of aliphatic hydroxyl groups excluding tert-OH is 1. The van der Waals surface area contributed by atoms with Crippen LogP contribution in [0, 0.1) is 19.3 Å². The lowest BCUT2D eigenvalue weighted by Gasteiger charge is -2.29. The van der Waals surface area contributed by atoms with Gasteiger partial charge in [-0.1, -0.05) is 13.8 Å². The molecule has 116 valence electrons. The predicted octanol–water partition coefficient (Wildman–Crippen LogP) is 2.23. The molecule has 2 aromatic rings. The van der Waals surface area contributed by atoms with E-state index in [0.29, 0.717) is 0 Å². The molecule has 0 fully saturated rings. The van der Waals surface area contributed by atoms with E-state index in [2.05, 4.69) is 46.5 Å². The molecule has 21 heavy (non-hydrogen) atoms. The highest BCUT2D eigenvalue weighted by Crippen LogP contribution is 2.24. The topological polar surface area (TPSA) is 62.5 Å². The van der Waals surface area contributed by atoms with Crippen LogP contribution in [0.2, 0.25) is 0 Å². The third-order valence-electron chi connectivity index (χ3n) is 4.50. The molecule has 0 aliphatic heterocycles. The van der Waals surface area contributed by atoms with E-state index in [1.165, 1.54) is 0 Å². The summed E-state index contributed by atoms with van der Waals surface area (Å²) in [6, 6.07) is 2.06. The van der Waals surface area contributed by atoms with Crippen LogP contribution in [0.15, 0.2) is 12.3 Å². The monoisotopic (exact) mass is 290 g/mol. The molecular weight excluding hydrogens is 264 g/mol. The molecular formula is C16H26N4O. The first-order chi connectivity index (χ1) is 10.0. The second-order valence-corrected chi connectivity index (χ2v) is 5.89. The number of nitrogens with zero attached hydrogens (tertiary/aromatic N) is 3. The molecule has 2 aromatic heterocycles. The molecule has 0 aromatic carbocycles. The minimum atomic E-state index is -0.0234. The standard InChI is InChI=1S/C16H26N4O/c1-5-16(6-2,11-21)10-17-8-14-9-18-15-19-12(3)7-13(4)20(14)15/h7,9,17,21H,5-6,8,10-11H2,1-4H3. The number of rotatable bonds is 7. The van der Waals surface area contributed by atoms with Gasteiger partial charge in [0.05, 0.1) is 11.9 Å². The highest BCUT2D eigenvalue weighted by atomic mass is 16.3. The third-order valence-corrected chi connectivity index (χ3v) is 4.50. The highest BCUT2D eigenvalue weighted by Gasteiger charge is 2.24. The lowest BCUT2D eigenvalue weighted by atomic mass is 9.83. The summed E-state index contributed by atoms with van der Waals surface area (Å²) in [4.78, 5) is 8.82. The summed E-state index contributed by atoms with van der Waals surface area (Å²) < 4.78 is 2.08. The van der Waals surface area contributed by atoms with Crippen LogP contribution in [0.4, 0.5) is 0 Å². The Bertz CT molecular complexity index is 593. The highest BCUT2D eigenvalue weighted by molar-refractivity contribution is 5.35. The van der Waals surface area contributed by atoms with Crippen molar-refractivity contribution >= 4 is 5.78 Å². The first-order valence-corrected chi connectivity index (χ1v) is 7.67. The lowest BCUT2D eigenvalue weighted by molar-refractivity contribution is 0.113. The van der Waals surface area contributed by atoms with E-state index in [1.807, 2.05) is 13.1 Å². The Hall–Kier alpha value is -1.46. The van der Waals surface area contributed by atoms with Gasteiger partial charge in [0, 0.05) is 36.5 Å². The van der Waals surface area contributed by atoms with Gasteiger partial charge in [-0.2, -0.15) is 0 Å². The fourth-order valence-electron chi connectivity index (χ4n) is 2.76. The first kappa shape index (κ1) is 15.9. The molecule has 0 spiro atoms. The Labute approximate surface area is 126 Å². The van der Waals surface area contributed by atoms with E-state index < -0.39 is 0 Å². The maximum atomic E-state index is 9.61. The number of hydrogen-bond donors (Lipinski definition) is 2. The zero-order valence-corrected chi connectivity index (χ0v) is 13.5. The van der Waals surface area contributed by atoms with Crippen LogP contribution in [0.5, 0.6) is 0 Å². The summed E-state index contributed by atoms with van der Waals surface area (Å²) in [5.74, 6) is 0.753. The molecule has 0 atom stereocenters. The smallest absolute Gasteiger partial charge is 0.234 e. The van der Waals surface area contributed by atoms with Crippen LogP contribution in [0.1, 0.15) is 43.8 Å². The summed E-state index contributed by atoms with van der Waals surface area (Å²) in [5, 5.41) is 13.1. The van der Waals surface area contributed by atoms with E-state index in [-0.39, 0.29) is 12.0 Å². The average molecular weight is 290 g/mol. The molecule has 0 unspecified atom stereocenters. The van der Waals surface area contributed by atoms with Crippen molar-refractivity contribution in [3.63, 3.8) is 0 Å². The minimum absolute atomic E-state index is 0.0234. The van der Waals surface area contributed by atoms with Gasteiger partial charge in [-0.25, -0.2) is 9.97 Å². The van der Waals surface area contributed by atoms with Gasteiger partial charge in [0.2, 0.25) is 5.78 Å². The molecule has 0 saturated carbocycles. The number of imidazole rings is 1. The number of nitrogens with one attached hydrogen (secondary N) is 1. The van der Waals surface area contributed by atoms with Crippen LogP contribution >= 0.6 is 0 Å². The van der Waals surface area contributed by atoms with Gasteiger partial charge >= 0.3 is 0 Å². The Morgan fingerprint density at radius 1 is 1.29 bits per heavy atom. The number of aryl methyl sites for hydroxylation is 2. The maximum Gasteiger partial charge on any atom is 0.234 e. The van der Waals surface area contributed by atoms with E-state index in [4.69, 9.17) is 0 Å². The van der Waals surface area contributed by atoms with Gasteiger partial charge in [0.25, 0.3) is 0 Å². The number of aliphatic hydroxyl groups is 1. The molecule has 0 radical (unpaired) electrons. The largest absolute Gasteiger partial charge is 0.396 e. The van der Waals surface area contributed by atoms with Crippen molar-refractivity contribution in [3.05, 3.63) is 29.3 Å². The SMILES string of the molecule is CCC(CC)(CO)CNCc1cnc2nc(C)cc(C)n12. The molecule has 2 rings (SSSR count). The van der Waals surface area contributed by atoms with Crippen molar-refractivity contribution in [3.8, 4) is 0 Å². The number of hydrogen-bond acceptors (Lipinski definition) is 4. The Kier molecular flexibility index (Phi) is 4.96. The maximum absolute atomic E-state index is 9.61. The van der Waals surface area contributed by atoms with E-state index >= 15 is 0 Å². The molecule has 0 amide bonds. The van der Waals surface area contributed by atoms with Gasteiger partial charge in [0.1, 0.15) is 0 Å². The zero-order valence-electron chi connectivity index (χ0n) is 13.5. The molecule has 0 aliphatic rings. The van der Waals surface area contributed by atoms with Crippen LogP contribution in [-0.2, 0) is 6.54 Å². The second-order valence-electron chi connectivity index (χ2n) is 5.89. The lowest BCUT2D eigenvalue weighted by Crippen LogP contribution is -2.36. The summed E-state index contributed by atoms with van der Waals surface area (Å²) in [6.07, 6.45) is 3.82. The average Bonchev–Trinajstić information content (AvgIpc) is 2.87. The third kappa shape index (κ3) is 3.24. The fourth-order valence-corrected chi connectivity index (χ4v) is 2.76. The van der Waals surface area contributed by atoms with E-state index in [9.17, 15) is 5.11 Å². The van der Waals surface area contributed by atoms with Crippen molar-refractivity contribution in [1.82, 2.24) is 19.7 Å². The van der Waals surface area contributed by atoms with Crippen LogP contribution < -0.4 is 5.32 Å². The molecule has 5 heteroatoms. The molecule has 2 heterocycles. The van der Waals surface area contributed by atoms with Gasteiger partial charge in [-0.3, -0.25) is 4.40 Å². The van der Waals surface area contributed by atoms with Crippen molar-refractivity contribution < 1.29 is 5.11 Å². The number of fused-ring (bicyclic) bond motifs is 1. The van der Waals surface area contributed by atoms with Crippen molar-refractivity contribution in [2.24, 2.45) is 5.41 Å². The normalized spacial score (nSPS) is 12.2. The van der Waals surface area contributed by atoms with Gasteiger partial charge in [-0.15, -0.1) is 0 Å². The van der Waals surface area contributed by atoms with E-state index in [1.54, 1.807) is 0 Å². The molecule has 2 N–H and O–H groups in total. The van der Waals surface area contributed by atoms with Crippen LogP contribution in [-0.4, -0.2) is 32.6 Å². The Morgan fingerprint density at radius 3 is 2.62 bits per heavy atom. The summed E-state index contributed by atoms with van der Waals surface area (Å²) in [7, 11) is 0. The zero-order chi connectivity index (χ0) is 15.5. The van der Waals surface area contributed by atoms with E-state index in [0.717, 1.165) is 48.8 Å². The predicted molar refractivity (Wildman–Crippen MR) is 84.3 cm³/mol. The molecule has 0 aliphatic carbocycles. The van der Waals surface area contributed by atoms with Crippen LogP contribution in [0.25, 0.3) is 5.78 Å². The van der Waals surface area contributed by atoms with Gasteiger partial charge in [0.15, 0.2) is 0 Å². The second kappa shape index (κ2) is 6.54. The van der Waals surface area contributed by atoms with Crippen molar-refractivity contribution in [2.75, 3.05) is 13.2 Å². The first-order valence-electron chi connectivity index (χ1n) is 7.67. The Morgan fingerprint density at radius 2 is 2.00 bits per heavy atom. The summed E-state index contributed by atoms with van der Waals surface area (Å²) >= 11 is 0. The minimum Gasteiger partial charge on any atom is -0.396 e. The van der Waals surface area contributed by atoms with Gasteiger partial charge in [-0.05, 0) is 32.8 Å².